The predicted octanol–water partition coefficient (Wildman–Crippen LogP) is 4.95. The number of aromatic amines is 1. The molecule has 0 spiro atoms. The van der Waals surface area contributed by atoms with Crippen molar-refractivity contribution in [1.29, 1.82) is 0 Å². The van der Waals surface area contributed by atoms with E-state index in [1.54, 1.807) is 23.5 Å². The monoisotopic (exact) mass is 317 g/mol. The fraction of sp³-hybridized carbons (Fsp3) is 0.235. The van der Waals surface area contributed by atoms with Crippen molar-refractivity contribution in [3.8, 4) is 11.1 Å². The summed E-state index contributed by atoms with van der Waals surface area (Å²) in [5, 5.41) is 2.10. The molecule has 0 saturated carbocycles. The Kier molecular flexibility index (Phi) is 3.74. The highest BCUT2D eigenvalue weighted by Gasteiger charge is 2.23. The van der Waals surface area contributed by atoms with Crippen LogP contribution in [0.15, 0.2) is 29.6 Å². The number of thiophene rings is 1. The molecule has 0 aliphatic heterocycles. The summed E-state index contributed by atoms with van der Waals surface area (Å²) in [5.74, 6) is -0.374. The minimum atomic E-state index is -0.419. The lowest BCUT2D eigenvalue weighted by Gasteiger charge is -2.03. The van der Waals surface area contributed by atoms with Crippen LogP contribution in [-0.4, -0.2) is 18.1 Å². The zero-order valence-electron chi connectivity index (χ0n) is 12.6. The van der Waals surface area contributed by atoms with Crippen molar-refractivity contribution in [1.82, 2.24) is 4.98 Å². The van der Waals surface area contributed by atoms with E-state index in [0.717, 1.165) is 21.3 Å². The number of ether oxygens (including phenoxy) is 1. The number of rotatable bonds is 3. The van der Waals surface area contributed by atoms with Crippen molar-refractivity contribution >= 4 is 27.5 Å². The molecule has 0 bridgehead atoms. The quantitative estimate of drug-likeness (QED) is 0.695. The van der Waals surface area contributed by atoms with E-state index in [1.807, 2.05) is 0 Å². The van der Waals surface area contributed by atoms with Gasteiger partial charge in [0.1, 0.15) is 11.5 Å². The molecular weight excluding hydrogens is 301 g/mol. The number of esters is 1. The van der Waals surface area contributed by atoms with Gasteiger partial charge in [-0.1, -0.05) is 26.0 Å². The second-order valence-corrected chi connectivity index (χ2v) is 6.30. The van der Waals surface area contributed by atoms with E-state index >= 15 is 0 Å². The Balaban J connectivity index is 2.29. The summed E-state index contributed by atoms with van der Waals surface area (Å²) in [6.45, 7) is 4.22. The van der Waals surface area contributed by atoms with E-state index in [1.165, 1.54) is 24.8 Å². The maximum Gasteiger partial charge on any atom is 0.355 e. The third-order valence-electron chi connectivity index (χ3n) is 3.69. The standard InChI is InChI=1S/C17H16FNO2S/c1-9(2)12-8-22-16-13(10-4-6-11(18)7-5-10)15(17(20)21-3)19-14(12)16/h4-9,19H,1-3H3. The highest BCUT2D eigenvalue weighted by atomic mass is 32.1. The Hall–Kier alpha value is -2.14. The van der Waals surface area contributed by atoms with Crippen LogP contribution in [0, 0.1) is 5.82 Å². The van der Waals surface area contributed by atoms with Gasteiger partial charge in [-0.15, -0.1) is 11.3 Å². The van der Waals surface area contributed by atoms with E-state index in [2.05, 4.69) is 24.2 Å². The van der Waals surface area contributed by atoms with Crippen molar-refractivity contribution in [3.63, 3.8) is 0 Å². The summed E-state index contributed by atoms with van der Waals surface area (Å²) in [7, 11) is 1.36. The zero-order chi connectivity index (χ0) is 15.9. The summed E-state index contributed by atoms with van der Waals surface area (Å²) in [5.41, 5.74) is 4.11. The Morgan fingerprint density at radius 2 is 1.95 bits per heavy atom. The third-order valence-corrected chi connectivity index (χ3v) is 4.71. The predicted molar refractivity (Wildman–Crippen MR) is 87.0 cm³/mol. The first kappa shape index (κ1) is 14.8. The highest BCUT2D eigenvalue weighted by Crippen LogP contribution is 2.40. The van der Waals surface area contributed by atoms with Gasteiger partial charge in [-0.2, -0.15) is 0 Å². The number of nitrogens with one attached hydrogen (secondary N) is 1. The van der Waals surface area contributed by atoms with Crippen LogP contribution in [0.4, 0.5) is 4.39 Å². The number of methoxy groups -OCH3 is 1. The first-order valence-electron chi connectivity index (χ1n) is 7.00. The minimum absolute atomic E-state index is 0.302. The second-order valence-electron chi connectivity index (χ2n) is 5.42. The fourth-order valence-electron chi connectivity index (χ4n) is 2.56. The van der Waals surface area contributed by atoms with Gasteiger partial charge in [-0.05, 0) is 34.6 Å². The van der Waals surface area contributed by atoms with Crippen LogP contribution < -0.4 is 0 Å². The molecule has 0 atom stereocenters. The molecule has 3 nitrogen and oxygen atoms in total. The topological polar surface area (TPSA) is 42.1 Å². The minimum Gasteiger partial charge on any atom is -0.464 e. The van der Waals surface area contributed by atoms with Crippen LogP contribution in [0.2, 0.25) is 0 Å². The molecule has 22 heavy (non-hydrogen) atoms. The van der Waals surface area contributed by atoms with Crippen molar-refractivity contribution < 1.29 is 13.9 Å². The van der Waals surface area contributed by atoms with Gasteiger partial charge in [0.25, 0.3) is 0 Å². The van der Waals surface area contributed by atoms with E-state index < -0.39 is 5.97 Å². The first-order valence-corrected chi connectivity index (χ1v) is 7.88. The zero-order valence-corrected chi connectivity index (χ0v) is 13.4. The largest absolute Gasteiger partial charge is 0.464 e. The fourth-order valence-corrected chi connectivity index (χ4v) is 3.82. The number of hydrogen-bond donors (Lipinski definition) is 1. The van der Waals surface area contributed by atoms with Crippen molar-refractivity contribution in [2.45, 2.75) is 19.8 Å². The highest BCUT2D eigenvalue weighted by molar-refractivity contribution is 7.18. The number of benzene rings is 1. The molecule has 0 radical (unpaired) electrons. The summed E-state index contributed by atoms with van der Waals surface area (Å²) >= 11 is 1.58. The lowest BCUT2D eigenvalue weighted by atomic mass is 10.0. The van der Waals surface area contributed by atoms with Gasteiger partial charge in [0.2, 0.25) is 0 Å². The molecule has 2 heterocycles. The number of aromatic nitrogens is 1. The van der Waals surface area contributed by atoms with Gasteiger partial charge in [0.05, 0.1) is 17.3 Å². The van der Waals surface area contributed by atoms with Gasteiger partial charge in [0.15, 0.2) is 0 Å². The molecule has 0 aliphatic carbocycles. The average molecular weight is 317 g/mol. The lowest BCUT2D eigenvalue weighted by molar-refractivity contribution is 0.0596. The Bertz CT molecular complexity index is 830. The molecule has 0 saturated heterocycles. The molecule has 0 fully saturated rings. The number of hydrogen-bond acceptors (Lipinski definition) is 3. The smallest absolute Gasteiger partial charge is 0.355 e. The van der Waals surface area contributed by atoms with Crippen LogP contribution in [-0.2, 0) is 4.74 Å². The summed E-state index contributed by atoms with van der Waals surface area (Å²) in [6, 6.07) is 6.15. The number of carbonyl (C=O) groups is 1. The molecule has 0 unspecified atom stereocenters. The van der Waals surface area contributed by atoms with Gasteiger partial charge in [-0.25, -0.2) is 9.18 Å². The van der Waals surface area contributed by atoms with E-state index in [0.29, 0.717) is 11.6 Å². The van der Waals surface area contributed by atoms with Gasteiger partial charge >= 0.3 is 5.97 Å². The number of H-pyrrole nitrogens is 1. The maximum absolute atomic E-state index is 13.2. The second kappa shape index (κ2) is 5.57. The van der Waals surface area contributed by atoms with E-state index in [9.17, 15) is 9.18 Å². The Morgan fingerprint density at radius 1 is 1.27 bits per heavy atom. The number of halogens is 1. The average Bonchev–Trinajstić information content (AvgIpc) is 3.06. The van der Waals surface area contributed by atoms with E-state index in [-0.39, 0.29) is 5.82 Å². The third kappa shape index (κ3) is 2.31. The molecule has 3 aromatic rings. The summed E-state index contributed by atoms with van der Waals surface area (Å²) in [4.78, 5) is 15.3. The van der Waals surface area contributed by atoms with Crippen LogP contribution in [0.3, 0.4) is 0 Å². The molecular formula is C17H16FNO2S. The molecule has 5 heteroatoms. The maximum atomic E-state index is 13.2. The van der Waals surface area contributed by atoms with Gasteiger partial charge in [-0.3, -0.25) is 0 Å². The van der Waals surface area contributed by atoms with Crippen molar-refractivity contribution in [2.75, 3.05) is 7.11 Å². The van der Waals surface area contributed by atoms with Gasteiger partial charge in [0, 0.05) is 5.56 Å². The molecule has 2 aromatic heterocycles. The lowest BCUT2D eigenvalue weighted by Crippen LogP contribution is -2.03. The van der Waals surface area contributed by atoms with Crippen LogP contribution in [0.5, 0.6) is 0 Å². The number of fused-ring (bicyclic) bond motifs is 1. The Labute approximate surface area is 131 Å². The first-order chi connectivity index (χ1) is 10.5. The summed E-state index contributed by atoms with van der Waals surface area (Å²) < 4.78 is 19.1. The van der Waals surface area contributed by atoms with Crippen molar-refractivity contribution in [2.24, 2.45) is 0 Å². The van der Waals surface area contributed by atoms with Gasteiger partial charge < -0.3 is 9.72 Å². The summed E-state index contributed by atoms with van der Waals surface area (Å²) in [6.07, 6.45) is 0. The SMILES string of the molecule is COC(=O)c1[nH]c2c(C(C)C)csc2c1-c1ccc(F)cc1. The van der Waals surface area contributed by atoms with Crippen molar-refractivity contribution in [3.05, 3.63) is 46.7 Å². The normalized spacial score (nSPS) is 11.3. The van der Waals surface area contributed by atoms with Crippen LogP contribution >= 0.6 is 11.3 Å². The molecule has 1 aromatic carbocycles. The number of carbonyl (C=O) groups excluding carboxylic acids is 1. The molecule has 114 valence electrons. The Morgan fingerprint density at radius 3 is 2.55 bits per heavy atom. The van der Waals surface area contributed by atoms with E-state index in [4.69, 9.17) is 4.74 Å². The molecule has 3 rings (SSSR count). The van der Waals surface area contributed by atoms with Crippen LogP contribution in [0.25, 0.3) is 21.3 Å². The molecule has 0 aliphatic rings. The molecule has 0 amide bonds. The van der Waals surface area contributed by atoms with Crippen LogP contribution in [0.1, 0.15) is 35.8 Å². The molecule has 1 N–H and O–H groups in total.